The zero-order valence-corrected chi connectivity index (χ0v) is 14.4. The van der Waals surface area contributed by atoms with E-state index in [1.807, 2.05) is 6.07 Å². The van der Waals surface area contributed by atoms with Crippen LogP contribution in [0.15, 0.2) is 24.3 Å². The Morgan fingerprint density at radius 3 is 2.35 bits per heavy atom. The third-order valence-electron chi connectivity index (χ3n) is 4.94. The Hall–Kier alpha value is -2.88. The standard InChI is InChI=1S/C19H21N3O4/c20-10-12-26-14-7-5-13(6-8-14)21-17(23)9-11-22-18(24)15-3-1-2-4-16(15)19(22)25/h5-8,15-16H,1-4,9,11-12H2,(H,21,23)/t15-,16+. The Morgan fingerprint density at radius 1 is 1.15 bits per heavy atom. The van der Waals surface area contributed by atoms with Crippen molar-refractivity contribution in [3.63, 3.8) is 0 Å². The molecule has 1 aliphatic carbocycles. The van der Waals surface area contributed by atoms with Gasteiger partial charge < -0.3 is 10.1 Å². The summed E-state index contributed by atoms with van der Waals surface area (Å²) in [5.74, 6) is -0.315. The van der Waals surface area contributed by atoms with Crippen molar-refractivity contribution < 1.29 is 19.1 Å². The normalized spacial score (nSPS) is 21.9. The second-order valence-electron chi connectivity index (χ2n) is 6.59. The predicted octanol–water partition coefficient (Wildman–Crippen LogP) is 2.09. The van der Waals surface area contributed by atoms with Crippen molar-refractivity contribution in [3.05, 3.63) is 24.3 Å². The van der Waals surface area contributed by atoms with E-state index < -0.39 is 0 Å². The first-order valence-electron chi connectivity index (χ1n) is 8.85. The average Bonchev–Trinajstić information content (AvgIpc) is 2.90. The number of anilines is 1. The van der Waals surface area contributed by atoms with Gasteiger partial charge in [0.05, 0.1) is 11.8 Å². The Labute approximate surface area is 151 Å². The van der Waals surface area contributed by atoms with Gasteiger partial charge in [-0.25, -0.2) is 0 Å². The number of amides is 3. The number of nitriles is 1. The molecule has 2 aliphatic rings. The van der Waals surface area contributed by atoms with Crippen LogP contribution in [0.3, 0.4) is 0 Å². The number of carbonyl (C=O) groups excluding carboxylic acids is 3. The number of nitrogens with zero attached hydrogens (tertiary/aromatic N) is 2. The zero-order valence-electron chi connectivity index (χ0n) is 14.4. The molecule has 1 aliphatic heterocycles. The number of rotatable bonds is 6. The molecule has 1 aromatic rings. The van der Waals surface area contributed by atoms with E-state index in [0.717, 1.165) is 25.7 Å². The molecule has 1 N–H and O–H groups in total. The summed E-state index contributed by atoms with van der Waals surface area (Å²) in [6.07, 6.45) is 3.60. The lowest BCUT2D eigenvalue weighted by Crippen LogP contribution is -2.34. The lowest BCUT2D eigenvalue weighted by Gasteiger charge is -2.19. The van der Waals surface area contributed by atoms with E-state index in [0.29, 0.717) is 11.4 Å². The second kappa shape index (κ2) is 8.00. The summed E-state index contributed by atoms with van der Waals surface area (Å²) in [7, 11) is 0. The fraction of sp³-hybridized carbons (Fsp3) is 0.474. The minimum absolute atomic E-state index is 0.0361. The highest BCUT2D eigenvalue weighted by molar-refractivity contribution is 6.05. The molecular formula is C19H21N3O4. The molecule has 0 unspecified atom stereocenters. The fourth-order valence-corrected chi connectivity index (χ4v) is 3.64. The van der Waals surface area contributed by atoms with Gasteiger partial charge in [-0.15, -0.1) is 0 Å². The highest BCUT2D eigenvalue weighted by Crippen LogP contribution is 2.37. The molecule has 0 radical (unpaired) electrons. The maximum atomic E-state index is 12.4. The molecule has 26 heavy (non-hydrogen) atoms. The van der Waals surface area contributed by atoms with Crippen molar-refractivity contribution in [2.75, 3.05) is 18.5 Å². The van der Waals surface area contributed by atoms with Gasteiger partial charge in [-0.3, -0.25) is 19.3 Å². The summed E-state index contributed by atoms with van der Waals surface area (Å²) >= 11 is 0. The van der Waals surface area contributed by atoms with Gasteiger partial charge in [0.2, 0.25) is 17.7 Å². The van der Waals surface area contributed by atoms with E-state index in [-0.39, 0.29) is 49.1 Å². The van der Waals surface area contributed by atoms with Gasteiger partial charge in [0, 0.05) is 18.7 Å². The summed E-state index contributed by atoms with van der Waals surface area (Å²) in [6, 6.07) is 8.54. The number of likely N-dealkylation sites (tertiary alicyclic amines) is 1. The Kier molecular flexibility index (Phi) is 5.52. The van der Waals surface area contributed by atoms with E-state index in [1.54, 1.807) is 24.3 Å². The molecule has 1 saturated carbocycles. The number of imide groups is 1. The van der Waals surface area contributed by atoms with Crippen LogP contribution in [-0.2, 0) is 14.4 Å². The van der Waals surface area contributed by atoms with E-state index in [2.05, 4.69) is 5.32 Å². The summed E-state index contributed by atoms with van der Waals surface area (Å²) in [5, 5.41) is 11.2. The lowest BCUT2D eigenvalue weighted by atomic mass is 9.81. The van der Waals surface area contributed by atoms with Crippen molar-refractivity contribution >= 4 is 23.4 Å². The molecule has 3 rings (SSSR count). The van der Waals surface area contributed by atoms with Crippen molar-refractivity contribution in [2.24, 2.45) is 11.8 Å². The van der Waals surface area contributed by atoms with Gasteiger partial charge in [-0.1, -0.05) is 12.8 Å². The molecule has 1 heterocycles. The molecule has 136 valence electrons. The van der Waals surface area contributed by atoms with E-state index >= 15 is 0 Å². The highest BCUT2D eigenvalue weighted by atomic mass is 16.5. The van der Waals surface area contributed by atoms with E-state index in [4.69, 9.17) is 10.00 Å². The third kappa shape index (κ3) is 3.85. The maximum Gasteiger partial charge on any atom is 0.233 e. The van der Waals surface area contributed by atoms with Gasteiger partial charge in [-0.2, -0.15) is 5.26 Å². The van der Waals surface area contributed by atoms with Crippen LogP contribution < -0.4 is 10.1 Å². The van der Waals surface area contributed by atoms with E-state index in [1.165, 1.54) is 4.90 Å². The number of carbonyl (C=O) groups is 3. The van der Waals surface area contributed by atoms with Crippen LogP contribution in [0, 0.1) is 23.2 Å². The molecule has 0 bridgehead atoms. The van der Waals surface area contributed by atoms with E-state index in [9.17, 15) is 14.4 Å². The molecule has 7 heteroatoms. The van der Waals surface area contributed by atoms with Gasteiger partial charge in [0.1, 0.15) is 11.8 Å². The summed E-state index contributed by atoms with van der Waals surface area (Å²) in [5.41, 5.74) is 0.590. The Balaban J connectivity index is 1.50. The minimum atomic E-state index is -0.258. The van der Waals surface area contributed by atoms with Crippen molar-refractivity contribution in [1.29, 1.82) is 5.26 Å². The number of fused-ring (bicyclic) bond motifs is 1. The van der Waals surface area contributed by atoms with Crippen molar-refractivity contribution in [1.82, 2.24) is 4.90 Å². The van der Waals surface area contributed by atoms with Crippen LogP contribution in [0.25, 0.3) is 0 Å². The minimum Gasteiger partial charge on any atom is -0.479 e. The quantitative estimate of drug-likeness (QED) is 0.788. The topological polar surface area (TPSA) is 99.5 Å². The molecular weight excluding hydrogens is 334 g/mol. The average molecular weight is 355 g/mol. The Bertz CT molecular complexity index is 714. The van der Waals surface area contributed by atoms with Crippen LogP contribution in [0.5, 0.6) is 5.75 Å². The molecule has 2 atom stereocenters. The summed E-state index contributed by atoms with van der Waals surface area (Å²) in [4.78, 5) is 38.1. The van der Waals surface area contributed by atoms with Crippen LogP contribution >= 0.6 is 0 Å². The number of hydrogen-bond donors (Lipinski definition) is 1. The molecule has 0 spiro atoms. The zero-order chi connectivity index (χ0) is 18.5. The molecule has 1 aromatic carbocycles. The predicted molar refractivity (Wildman–Crippen MR) is 93.0 cm³/mol. The first-order chi connectivity index (χ1) is 12.6. The van der Waals surface area contributed by atoms with Crippen LogP contribution in [0.2, 0.25) is 0 Å². The summed E-state index contributed by atoms with van der Waals surface area (Å²) in [6.45, 7) is 0.0887. The first-order valence-corrected chi connectivity index (χ1v) is 8.85. The van der Waals surface area contributed by atoms with Crippen molar-refractivity contribution in [2.45, 2.75) is 32.1 Å². The van der Waals surface area contributed by atoms with Gasteiger partial charge in [0.15, 0.2) is 6.61 Å². The lowest BCUT2D eigenvalue weighted by molar-refractivity contribution is -0.140. The number of ether oxygens (including phenoxy) is 1. The number of nitrogens with one attached hydrogen (secondary N) is 1. The molecule has 0 aromatic heterocycles. The van der Waals surface area contributed by atoms with Gasteiger partial charge in [-0.05, 0) is 37.1 Å². The summed E-state index contributed by atoms with van der Waals surface area (Å²) < 4.78 is 5.14. The monoisotopic (exact) mass is 355 g/mol. The SMILES string of the molecule is N#CCOc1ccc(NC(=O)CCN2C(=O)[C@H]3CCCC[C@H]3C2=O)cc1. The van der Waals surface area contributed by atoms with Crippen molar-refractivity contribution in [3.8, 4) is 11.8 Å². The Morgan fingerprint density at radius 2 is 1.77 bits per heavy atom. The number of benzene rings is 1. The highest BCUT2D eigenvalue weighted by Gasteiger charge is 2.47. The molecule has 7 nitrogen and oxygen atoms in total. The third-order valence-corrected chi connectivity index (χ3v) is 4.94. The smallest absolute Gasteiger partial charge is 0.233 e. The fourth-order valence-electron chi connectivity index (χ4n) is 3.64. The van der Waals surface area contributed by atoms with Gasteiger partial charge >= 0.3 is 0 Å². The molecule has 2 fully saturated rings. The second-order valence-corrected chi connectivity index (χ2v) is 6.59. The van der Waals surface area contributed by atoms with Crippen LogP contribution in [-0.4, -0.2) is 35.8 Å². The maximum absolute atomic E-state index is 12.4. The molecule has 1 saturated heterocycles. The van der Waals surface area contributed by atoms with Gasteiger partial charge in [0.25, 0.3) is 0 Å². The first kappa shape index (κ1) is 17.9. The largest absolute Gasteiger partial charge is 0.479 e. The van der Waals surface area contributed by atoms with Crippen LogP contribution in [0.1, 0.15) is 32.1 Å². The van der Waals surface area contributed by atoms with Crippen LogP contribution in [0.4, 0.5) is 5.69 Å². The number of hydrogen-bond acceptors (Lipinski definition) is 5. The molecule has 3 amide bonds.